The molecule has 5 N–H and O–H groups in total. The lowest BCUT2D eigenvalue weighted by Gasteiger charge is -2.75. The predicted octanol–water partition coefficient (Wildman–Crippen LogP) is 2.04. The number of rotatable bonds is 5. The maximum Gasteiger partial charge on any atom is 0.254 e. The highest BCUT2D eigenvalue weighted by Crippen LogP contribution is 2.71. The molecule has 5 aliphatic carbocycles. The number of amides is 1. The van der Waals surface area contributed by atoms with Crippen LogP contribution in [0.1, 0.15) is 69.2 Å². The minimum atomic E-state index is -0.530. The van der Waals surface area contributed by atoms with Gasteiger partial charge in [-0.1, -0.05) is 13.8 Å². The Bertz CT molecular complexity index is 793. The van der Waals surface area contributed by atoms with Crippen molar-refractivity contribution in [2.24, 2.45) is 17.1 Å². The molecule has 1 heterocycles. The molecule has 0 aliphatic heterocycles. The van der Waals surface area contributed by atoms with Crippen LogP contribution in [0.5, 0.6) is 0 Å². The number of hydrogen-bond acceptors (Lipinski definition) is 6. The summed E-state index contributed by atoms with van der Waals surface area (Å²) < 4.78 is 0. The Morgan fingerprint density at radius 2 is 1.92 bits per heavy atom. The van der Waals surface area contributed by atoms with Crippen molar-refractivity contribution < 1.29 is 9.90 Å². The van der Waals surface area contributed by atoms with Gasteiger partial charge in [0.15, 0.2) is 0 Å². The molecule has 0 radical (unpaired) electrons. The monoisotopic (exact) mass is 357 g/mol. The van der Waals surface area contributed by atoms with Crippen molar-refractivity contribution in [1.29, 1.82) is 0 Å². The van der Waals surface area contributed by atoms with Gasteiger partial charge < -0.3 is 21.5 Å². The van der Waals surface area contributed by atoms with Gasteiger partial charge in [-0.2, -0.15) is 4.98 Å². The van der Waals surface area contributed by atoms with Gasteiger partial charge in [0.1, 0.15) is 5.82 Å². The second-order valence-electron chi connectivity index (χ2n) is 9.64. The summed E-state index contributed by atoms with van der Waals surface area (Å²) in [6.07, 6.45) is 7.95. The first-order valence-electron chi connectivity index (χ1n) is 9.62. The lowest BCUT2D eigenvalue weighted by molar-refractivity contribution is -0.174. The van der Waals surface area contributed by atoms with Crippen molar-refractivity contribution >= 4 is 17.7 Å². The van der Waals surface area contributed by atoms with Crippen LogP contribution >= 0.6 is 0 Å². The molecule has 7 heteroatoms. The molecule has 1 amide bonds. The zero-order valence-corrected chi connectivity index (χ0v) is 15.4. The maximum absolute atomic E-state index is 11.8. The number of carbonyl (C=O) groups excluding carboxylic acids is 1. The van der Waals surface area contributed by atoms with E-state index in [1.165, 1.54) is 6.20 Å². The SMILES string of the molecule is C[C@@H]1C2(C)CC1(Nc1nc(NC34CCC(O)(CC3)C4)ncc1C(N)=O)C2. The summed E-state index contributed by atoms with van der Waals surface area (Å²) in [5.41, 5.74) is 5.68. The topological polar surface area (TPSA) is 113 Å². The molecular formula is C19H27N5O2. The number of aromatic nitrogens is 2. The van der Waals surface area contributed by atoms with Gasteiger partial charge >= 0.3 is 0 Å². The normalized spacial score (nSPS) is 45.0. The molecule has 0 aromatic carbocycles. The van der Waals surface area contributed by atoms with E-state index < -0.39 is 11.5 Å². The molecule has 1 aromatic rings. The van der Waals surface area contributed by atoms with Crippen LogP contribution in [0, 0.1) is 11.3 Å². The van der Waals surface area contributed by atoms with Crippen molar-refractivity contribution in [3.63, 3.8) is 0 Å². The van der Waals surface area contributed by atoms with E-state index in [2.05, 4.69) is 34.4 Å². The molecule has 5 fully saturated rings. The van der Waals surface area contributed by atoms with E-state index in [4.69, 9.17) is 5.73 Å². The maximum atomic E-state index is 11.8. The number of anilines is 2. The van der Waals surface area contributed by atoms with E-state index in [0.717, 1.165) is 44.9 Å². The van der Waals surface area contributed by atoms with E-state index in [0.29, 0.717) is 28.7 Å². The van der Waals surface area contributed by atoms with Crippen molar-refractivity contribution in [1.82, 2.24) is 9.97 Å². The standard InChI is InChI=1S/C19H27N5O2/c1-11-16(2)8-19(11,9-16)23-14-12(13(20)25)7-21-15(22-14)24-17-3-5-18(26,10-17)6-4-17/h7,11,26H,3-6,8-10H2,1-2H3,(H2,20,25)(H2,21,22,23,24)/t11-,16?,17?,18?,19?/m1/s1. The highest BCUT2D eigenvalue weighted by atomic mass is 16.3. The fourth-order valence-corrected chi connectivity index (χ4v) is 6.14. The van der Waals surface area contributed by atoms with Crippen molar-refractivity contribution in [3.8, 4) is 0 Å². The molecule has 7 nitrogen and oxygen atoms in total. The van der Waals surface area contributed by atoms with Crippen LogP contribution in [0.4, 0.5) is 11.8 Å². The van der Waals surface area contributed by atoms with E-state index in [-0.39, 0.29) is 11.1 Å². The highest BCUT2D eigenvalue weighted by Gasteiger charge is 2.71. The summed E-state index contributed by atoms with van der Waals surface area (Å²) in [6, 6.07) is 0. The number of nitrogens with one attached hydrogen (secondary N) is 2. The Hall–Kier alpha value is -1.89. The molecule has 140 valence electrons. The van der Waals surface area contributed by atoms with Gasteiger partial charge in [-0.3, -0.25) is 4.79 Å². The molecule has 1 aromatic heterocycles. The smallest absolute Gasteiger partial charge is 0.254 e. The van der Waals surface area contributed by atoms with E-state index in [1.807, 2.05) is 0 Å². The summed E-state index contributed by atoms with van der Waals surface area (Å²) in [4.78, 5) is 20.8. The summed E-state index contributed by atoms with van der Waals surface area (Å²) in [5, 5.41) is 17.4. The van der Waals surface area contributed by atoms with E-state index >= 15 is 0 Å². The summed E-state index contributed by atoms with van der Waals surface area (Å²) in [5.74, 6) is 1.08. The molecule has 5 aliphatic rings. The molecule has 6 rings (SSSR count). The quantitative estimate of drug-likeness (QED) is 0.641. The van der Waals surface area contributed by atoms with Crippen LogP contribution in [0.3, 0.4) is 0 Å². The Morgan fingerprint density at radius 3 is 2.42 bits per heavy atom. The summed E-state index contributed by atoms with van der Waals surface area (Å²) >= 11 is 0. The van der Waals surface area contributed by atoms with Crippen molar-refractivity contribution in [2.45, 2.75) is 75.5 Å². The van der Waals surface area contributed by atoms with E-state index in [9.17, 15) is 9.90 Å². The molecule has 0 spiro atoms. The molecule has 0 saturated heterocycles. The van der Waals surface area contributed by atoms with Gasteiger partial charge in [0.05, 0.1) is 11.2 Å². The van der Waals surface area contributed by atoms with Crippen LogP contribution in [-0.4, -0.2) is 37.7 Å². The minimum absolute atomic E-state index is 0.0316. The number of aliphatic hydroxyl groups is 1. The molecule has 4 bridgehead atoms. The molecular weight excluding hydrogens is 330 g/mol. The molecule has 5 saturated carbocycles. The molecule has 26 heavy (non-hydrogen) atoms. The zero-order chi connectivity index (χ0) is 18.4. The first kappa shape index (κ1) is 16.3. The number of hydrogen-bond donors (Lipinski definition) is 4. The van der Waals surface area contributed by atoms with Gasteiger partial charge in [0.25, 0.3) is 5.91 Å². The van der Waals surface area contributed by atoms with Crippen LogP contribution in [0.25, 0.3) is 0 Å². The van der Waals surface area contributed by atoms with Gasteiger partial charge in [0.2, 0.25) is 5.95 Å². The lowest BCUT2D eigenvalue weighted by atomic mass is 9.34. The second kappa shape index (κ2) is 4.68. The third-order valence-electron chi connectivity index (χ3n) is 7.92. The summed E-state index contributed by atoms with van der Waals surface area (Å²) in [6.45, 7) is 4.56. The lowest BCUT2D eigenvalue weighted by Crippen LogP contribution is -2.76. The van der Waals surface area contributed by atoms with Gasteiger partial charge in [-0.25, -0.2) is 4.98 Å². The first-order chi connectivity index (χ1) is 12.2. The predicted molar refractivity (Wildman–Crippen MR) is 97.8 cm³/mol. The Kier molecular flexibility index (Phi) is 2.94. The number of fused-ring (bicyclic) bond motifs is 2. The Morgan fingerprint density at radius 1 is 1.23 bits per heavy atom. The fraction of sp³-hybridized carbons (Fsp3) is 0.737. The summed E-state index contributed by atoms with van der Waals surface area (Å²) in [7, 11) is 0. The second-order valence-corrected chi connectivity index (χ2v) is 9.64. The Labute approximate surface area is 153 Å². The minimum Gasteiger partial charge on any atom is -0.390 e. The highest BCUT2D eigenvalue weighted by molar-refractivity contribution is 5.97. The average molecular weight is 357 g/mol. The van der Waals surface area contributed by atoms with Crippen LogP contribution in [0.2, 0.25) is 0 Å². The third kappa shape index (κ3) is 2.06. The van der Waals surface area contributed by atoms with Gasteiger partial charge in [0, 0.05) is 17.3 Å². The van der Waals surface area contributed by atoms with Crippen molar-refractivity contribution in [3.05, 3.63) is 11.8 Å². The van der Waals surface area contributed by atoms with E-state index in [1.54, 1.807) is 0 Å². The van der Waals surface area contributed by atoms with Crippen LogP contribution in [0.15, 0.2) is 6.20 Å². The average Bonchev–Trinajstić information content (AvgIpc) is 3.07. The fourth-order valence-electron chi connectivity index (χ4n) is 6.14. The third-order valence-corrected chi connectivity index (χ3v) is 7.92. The number of carbonyl (C=O) groups is 1. The first-order valence-corrected chi connectivity index (χ1v) is 9.62. The number of nitrogens with two attached hydrogens (primary N) is 1. The largest absolute Gasteiger partial charge is 0.390 e. The number of nitrogens with zero attached hydrogens (tertiary/aromatic N) is 2. The molecule has 1 atom stereocenters. The van der Waals surface area contributed by atoms with Crippen LogP contribution < -0.4 is 16.4 Å². The van der Waals surface area contributed by atoms with Gasteiger partial charge in [-0.05, 0) is 56.3 Å². The Balaban J connectivity index is 1.41. The zero-order valence-electron chi connectivity index (χ0n) is 15.4. The van der Waals surface area contributed by atoms with Gasteiger partial charge in [-0.15, -0.1) is 0 Å². The number of primary amides is 1. The molecule has 0 unspecified atom stereocenters. The van der Waals surface area contributed by atoms with Crippen LogP contribution in [-0.2, 0) is 0 Å². The van der Waals surface area contributed by atoms with Crippen molar-refractivity contribution in [2.75, 3.05) is 10.6 Å².